The Kier molecular flexibility index (Phi) is 4.66. The van der Waals surface area contributed by atoms with Gasteiger partial charge in [0.15, 0.2) is 0 Å². The lowest BCUT2D eigenvalue weighted by Crippen LogP contribution is -2.10. The highest BCUT2D eigenvalue weighted by Crippen LogP contribution is 2.30. The van der Waals surface area contributed by atoms with Crippen molar-refractivity contribution < 1.29 is 14.3 Å². The topological polar surface area (TPSA) is 87.6 Å². The zero-order valence-electron chi connectivity index (χ0n) is 11.8. The maximum absolute atomic E-state index is 11.2. The molecule has 0 radical (unpaired) electrons. The van der Waals surface area contributed by atoms with Crippen molar-refractivity contribution in [2.45, 2.75) is 13.3 Å². The van der Waals surface area contributed by atoms with Gasteiger partial charge < -0.3 is 20.9 Å². The van der Waals surface area contributed by atoms with Crippen LogP contribution in [0.4, 0.5) is 5.69 Å². The van der Waals surface area contributed by atoms with Gasteiger partial charge in [-0.3, -0.25) is 4.79 Å². The third kappa shape index (κ3) is 3.89. The van der Waals surface area contributed by atoms with Gasteiger partial charge in [-0.1, -0.05) is 13.0 Å². The van der Waals surface area contributed by atoms with E-state index in [9.17, 15) is 4.79 Å². The molecular weight excluding hydrogens is 268 g/mol. The van der Waals surface area contributed by atoms with Gasteiger partial charge >= 0.3 is 0 Å². The van der Waals surface area contributed by atoms with Crippen molar-refractivity contribution in [2.75, 3.05) is 12.3 Å². The van der Waals surface area contributed by atoms with E-state index in [1.807, 2.05) is 6.92 Å². The molecular formula is C16H18N2O3. The van der Waals surface area contributed by atoms with Crippen LogP contribution in [0.5, 0.6) is 17.2 Å². The van der Waals surface area contributed by atoms with E-state index in [4.69, 9.17) is 20.9 Å². The monoisotopic (exact) mass is 286 g/mol. The fourth-order valence-corrected chi connectivity index (χ4v) is 1.76. The molecule has 0 spiro atoms. The Morgan fingerprint density at radius 3 is 2.62 bits per heavy atom. The number of carbonyl (C=O) groups is 1. The standard InChI is InChI=1S/C16H18N2O3/c1-2-8-20-15-10-13(6-7-14(15)17)21-12-5-3-4-11(9-12)16(18)19/h3-7,9-10H,2,8,17H2,1H3,(H2,18,19). The summed E-state index contributed by atoms with van der Waals surface area (Å²) in [6, 6.07) is 11.9. The van der Waals surface area contributed by atoms with Crippen LogP contribution in [0.3, 0.4) is 0 Å². The van der Waals surface area contributed by atoms with E-state index in [1.54, 1.807) is 42.5 Å². The van der Waals surface area contributed by atoms with Gasteiger partial charge in [0, 0.05) is 11.6 Å². The largest absolute Gasteiger partial charge is 0.491 e. The molecule has 2 aromatic carbocycles. The predicted molar refractivity (Wildman–Crippen MR) is 81.7 cm³/mol. The highest BCUT2D eigenvalue weighted by molar-refractivity contribution is 5.93. The maximum atomic E-state index is 11.2. The number of hydrogen-bond acceptors (Lipinski definition) is 4. The normalized spacial score (nSPS) is 10.1. The average molecular weight is 286 g/mol. The molecule has 0 fully saturated rings. The summed E-state index contributed by atoms with van der Waals surface area (Å²) in [5, 5.41) is 0. The van der Waals surface area contributed by atoms with Crippen molar-refractivity contribution in [2.24, 2.45) is 5.73 Å². The first-order chi connectivity index (χ1) is 10.1. The van der Waals surface area contributed by atoms with E-state index in [0.29, 0.717) is 35.1 Å². The summed E-state index contributed by atoms with van der Waals surface area (Å²) in [7, 11) is 0. The summed E-state index contributed by atoms with van der Waals surface area (Å²) in [4.78, 5) is 11.2. The number of nitrogens with two attached hydrogens (primary N) is 2. The van der Waals surface area contributed by atoms with Crippen LogP contribution < -0.4 is 20.9 Å². The Labute approximate surface area is 123 Å². The Balaban J connectivity index is 2.19. The van der Waals surface area contributed by atoms with Gasteiger partial charge in [-0.25, -0.2) is 0 Å². The number of benzene rings is 2. The molecule has 0 aliphatic heterocycles. The number of nitrogen functional groups attached to an aromatic ring is 1. The lowest BCUT2D eigenvalue weighted by atomic mass is 10.2. The number of hydrogen-bond donors (Lipinski definition) is 2. The average Bonchev–Trinajstić information content (AvgIpc) is 2.48. The summed E-state index contributed by atoms with van der Waals surface area (Å²) < 4.78 is 11.2. The van der Waals surface area contributed by atoms with Gasteiger partial charge in [-0.2, -0.15) is 0 Å². The molecule has 0 heterocycles. The van der Waals surface area contributed by atoms with Crippen LogP contribution in [0.1, 0.15) is 23.7 Å². The van der Waals surface area contributed by atoms with Crippen LogP contribution in [-0.2, 0) is 0 Å². The highest BCUT2D eigenvalue weighted by Gasteiger charge is 2.06. The lowest BCUT2D eigenvalue weighted by molar-refractivity contribution is 0.1000. The second kappa shape index (κ2) is 6.65. The smallest absolute Gasteiger partial charge is 0.248 e. The number of primary amides is 1. The number of ether oxygens (including phenoxy) is 2. The molecule has 0 bridgehead atoms. The molecule has 0 saturated carbocycles. The minimum atomic E-state index is -0.496. The SMILES string of the molecule is CCCOc1cc(Oc2cccc(C(N)=O)c2)ccc1N. The molecule has 1 amide bonds. The molecule has 5 nitrogen and oxygen atoms in total. The van der Waals surface area contributed by atoms with Crippen LogP contribution in [0.15, 0.2) is 42.5 Å². The molecule has 2 aromatic rings. The lowest BCUT2D eigenvalue weighted by Gasteiger charge is -2.11. The van der Waals surface area contributed by atoms with Gasteiger partial charge in [0.05, 0.1) is 12.3 Å². The summed E-state index contributed by atoms with van der Waals surface area (Å²) in [6.45, 7) is 2.61. The summed E-state index contributed by atoms with van der Waals surface area (Å²) in [5.74, 6) is 1.19. The van der Waals surface area contributed by atoms with E-state index in [-0.39, 0.29) is 0 Å². The number of carbonyl (C=O) groups excluding carboxylic acids is 1. The van der Waals surface area contributed by atoms with Crippen LogP contribution in [0, 0.1) is 0 Å². The minimum absolute atomic E-state index is 0.394. The van der Waals surface area contributed by atoms with Crippen LogP contribution in [0.25, 0.3) is 0 Å². The van der Waals surface area contributed by atoms with E-state index < -0.39 is 5.91 Å². The minimum Gasteiger partial charge on any atom is -0.491 e. The number of amides is 1. The first kappa shape index (κ1) is 14.7. The molecule has 21 heavy (non-hydrogen) atoms. The van der Waals surface area contributed by atoms with Crippen LogP contribution in [-0.4, -0.2) is 12.5 Å². The highest BCUT2D eigenvalue weighted by atomic mass is 16.5. The molecule has 0 atom stereocenters. The molecule has 0 aliphatic carbocycles. The van der Waals surface area contributed by atoms with Gasteiger partial charge in [-0.05, 0) is 36.8 Å². The third-order valence-electron chi connectivity index (χ3n) is 2.80. The Bertz CT molecular complexity index is 641. The molecule has 5 heteroatoms. The third-order valence-corrected chi connectivity index (χ3v) is 2.80. The van der Waals surface area contributed by atoms with E-state index >= 15 is 0 Å². The maximum Gasteiger partial charge on any atom is 0.248 e. The van der Waals surface area contributed by atoms with E-state index in [0.717, 1.165) is 6.42 Å². The second-order valence-corrected chi connectivity index (χ2v) is 4.54. The first-order valence-corrected chi connectivity index (χ1v) is 6.70. The summed E-state index contributed by atoms with van der Waals surface area (Å²) >= 11 is 0. The first-order valence-electron chi connectivity index (χ1n) is 6.70. The van der Waals surface area contributed by atoms with Crippen molar-refractivity contribution in [3.05, 3.63) is 48.0 Å². The Hall–Kier alpha value is -2.69. The van der Waals surface area contributed by atoms with Crippen molar-refractivity contribution in [3.63, 3.8) is 0 Å². The van der Waals surface area contributed by atoms with Gasteiger partial charge in [0.25, 0.3) is 0 Å². The van der Waals surface area contributed by atoms with E-state index in [2.05, 4.69) is 0 Å². The molecule has 0 aromatic heterocycles. The number of anilines is 1. The van der Waals surface area contributed by atoms with Crippen molar-refractivity contribution in [1.82, 2.24) is 0 Å². The van der Waals surface area contributed by atoms with Crippen molar-refractivity contribution in [3.8, 4) is 17.2 Å². The fourth-order valence-electron chi connectivity index (χ4n) is 1.76. The molecule has 0 aliphatic rings. The second-order valence-electron chi connectivity index (χ2n) is 4.54. The summed E-state index contributed by atoms with van der Waals surface area (Å²) in [5.41, 5.74) is 12.0. The van der Waals surface area contributed by atoms with E-state index in [1.165, 1.54) is 0 Å². The molecule has 110 valence electrons. The van der Waals surface area contributed by atoms with Crippen molar-refractivity contribution >= 4 is 11.6 Å². The quantitative estimate of drug-likeness (QED) is 0.799. The van der Waals surface area contributed by atoms with Crippen molar-refractivity contribution in [1.29, 1.82) is 0 Å². The van der Waals surface area contributed by atoms with Gasteiger partial charge in [0.2, 0.25) is 5.91 Å². The molecule has 2 rings (SSSR count). The van der Waals surface area contributed by atoms with Gasteiger partial charge in [0.1, 0.15) is 17.2 Å². The Morgan fingerprint density at radius 2 is 1.90 bits per heavy atom. The fraction of sp³-hybridized carbons (Fsp3) is 0.188. The van der Waals surface area contributed by atoms with Gasteiger partial charge in [-0.15, -0.1) is 0 Å². The zero-order chi connectivity index (χ0) is 15.2. The molecule has 0 saturated heterocycles. The summed E-state index contributed by atoms with van der Waals surface area (Å²) in [6.07, 6.45) is 0.894. The van der Waals surface area contributed by atoms with Crippen LogP contribution >= 0.6 is 0 Å². The Morgan fingerprint density at radius 1 is 1.14 bits per heavy atom. The van der Waals surface area contributed by atoms with Crippen LogP contribution in [0.2, 0.25) is 0 Å². The molecule has 0 unspecified atom stereocenters. The number of rotatable bonds is 6. The molecule has 4 N–H and O–H groups in total. The predicted octanol–water partition coefficient (Wildman–Crippen LogP) is 2.95. The zero-order valence-corrected chi connectivity index (χ0v) is 11.8.